The number of hydrogen-bond donors (Lipinski definition) is 0. The quantitative estimate of drug-likeness (QED) is 0.784. The van der Waals surface area contributed by atoms with Crippen molar-refractivity contribution in [3.8, 4) is 0 Å². The molecule has 1 aromatic carbocycles. The minimum atomic E-state index is -0.464. The number of nitrogens with zero attached hydrogens (tertiary/aromatic N) is 1. The Labute approximate surface area is 126 Å². The molecule has 3 rings (SSSR count). The first-order chi connectivity index (χ1) is 9.92. The highest BCUT2D eigenvalue weighted by molar-refractivity contribution is 5.69. The Kier molecular flexibility index (Phi) is 3.44. The number of rotatable bonds is 2. The fourth-order valence-electron chi connectivity index (χ4n) is 3.14. The summed E-state index contributed by atoms with van der Waals surface area (Å²) >= 11 is 0. The van der Waals surface area contributed by atoms with Gasteiger partial charge in [-0.1, -0.05) is 30.3 Å². The van der Waals surface area contributed by atoms with Gasteiger partial charge in [0.25, 0.3) is 0 Å². The SMILES string of the molecule is CC(C)(C)OC(=O)N1CCC[C@@H]1[C@@]1(c2ccccc2)CO1. The lowest BCUT2D eigenvalue weighted by atomic mass is 9.90. The summed E-state index contributed by atoms with van der Waals surface area (Å²) in [4.78, 5) is 14.3. The van der Waals surface area contributed by atoms with Crippen LogP contribution in [-0.2, 0) is 15.1 Å². The van der Waals surface area contributed by atoms with Gasteiger partial charge in [0.2, 0.25) is 0 Å². The molecular formula is C17H23NO3. The van der Waals surface area contributed by atoms with Crippen LogP contribution < -0.4 is 0 Å². The summed E-state index contributed by atoms with van der Waals surface area (Å²) in [5.41, 5.74) is 0.369. The lowest BCUT2D eigenvalue weighted by molar-refractivity contribution is 0.0143. The van der Waals surface area contributed by atoms with Gasteiger partial charge in [0.05, 0.1) is 12.6 Å². The minimum absolute atomic E-state index is 0.0785. The lowest BCUT2D eigenvalue weighted by Gasteiger charge is -2.32. The molecule has 0 N–H and O–H groups in total. The van der Waals surface area contributed by atoms with Crippen molar-refractivity contribution in [1.29, 1.82) is 0 Å². The molecule has 21 heavy (non-hydrogen) atoms. The average molecular weight is 289 g/mol. The Bertz CT molecular complexity index is 517. The van der Waals surface area contributed by atoms with Crippen LogP contribution in [0.4, 0.5) is 4.79 Å². The number of amides is 1. The summed E-state index contributed by atoms with van der Waals surface area (Å²) in [5.74, 6) is 0. The average Bonchev–Trinajstić information content (AvgIpc) is 3.08. The zero-order valence-electron chi connectivity index (χ0n) is 13.0. The number of hydrogen-bond acceptors (Lipinski definition) is 3. The molecule has 2 aliphatic heterocycles. The predicted molar refractivity (Wildman–Crippen MR) is 80.0 cm³/mol. The van der Waals surface area contributed by atoms with E-state index < -0.39 is 5.60 Å². The van der Waals surface area contributed by atoms with E-state index in [1.165, 1.54) is 0 Å². The van der Waals surface area contributed by atoms with Crippen molar-refractivity contribution in [2.24, 2.45) is 0 Å². The Morgan fingerprint density at radius 2 is 2.00 bits per heavy atom. The first kappa shape index (κ1) is 14.4. The highest BCUT2D eigenvalue weighted by Crippen LogP contribution is 2.47. The Balaban J connectivity index is 1.80. The minimum Gasteiger partial charge on any atom is -0.444 e. The van der Waals surface area contributed by atoms with Crippen molar-refractivity contribution < 1.29 is 14.3 Å². The van der Waals surface area contributed by atoms with Gasteiger partial charge >= 0.3 is 6.09 Å². The standard InChI is InChI=1S/C17H23NO3/c1-16(2,3)21-15(19)18-11-7-10-14(18)17(12-20-17)13-8-5-4-6-9-13/h4-6,8-9,14H,7,10-12H2,1-3H3/t14-,17+/m1/s1. The monoisotopic (exact) mass is 289 g/mol. The van der Waals surface area contributed by atoms with Crippen molar-refractivity contribution in [3.05, 3.63) is 35.9 Å². The van der Waals surface area contributed by atoms with Gasteiger partial charge in [0.1, 0.15) is 11.2 Å². The van der Waals surface area contributed by atoms with Crippen LogP contribution in [0.2, 0.25) is 0 Å². The molecule has 0 spiro atoms. The first-order valence-electron chi connectivity index (χ1n) is 7.61. The summed E-state index contributed by atoms with van der Waals surface area (Å²) < 4.78 is 11.4. The molecule has 0 saturated carbocycles. The van der Waals surface area contributed by atoms with Gasteiger partial charge in [-0.25, -0.2) is 4.79 Å². The van der Waals surface area contributed by atoms with E-state index in [4.69, 9.17) is 9.47 Å². The molecule has 0 radical (unpaired) electrons. The van der Waals surface area contributed by atoms with Crippen molar-refractivity contribution in [2.45, 2.75) is 50.9 Å². The molecule has 0 bridgehead atoms. The molecule has 2 saturated heterocycles. The molecule has 0 aliphatic carbocycles. The van der Waals surface area contributed by atoms with Crippen LogP contribution in [0.3, 0.4) is 0 Å². The number of carbonyl (C=O) groups is 1. The zero-order chi connectivity index (χ0) is 15.1. The van der Waals surface area contributed by atoms with Gasteiger partial charge < -0.3 is 14.4 Å². The molecule has 0 aromatic heterocycles. The molecular weight excluding hydrogens is 266 g/mol. The number of epoxide rings is 1. The van der Waals surface area contributed by atoms with Gasteiger partial charge in [0, 0.05) is 6.54 Å². The van der Waals surface area contributed by atoms with E-state index >= 15 is 0 Å². The summed E-state index contributed by atoms with van der Waals surface area (Å²) in [6.45, 7) is 7.13. The molecule has 1 aromatic rings. The molecule has 2 atom stereocenters. The van der Waals surface area contributed by atoms with Crippen LogP contribution in [0.15, 0.2) is 30.3 Å². The van der Waals surface area contributed by atoms with Crippen LogP contribution >= 0.6 is 0 Å². The second-order valence-electron chi connectivity index (χ2n) is 6.88. The maximum absolute atomic E-state index is 12.4. The summed E-state index contributed by atoms with van der Waals surface area (Å²) in [7, 11) is 0. The topological polar surface area (TPSA) is 42.1 Å². The highest BCUT2D eigenvalue weighted by Gasteiger charge is 2.57. The Morgan fingerprint density at radius 3 is 2.57 bits per heavy atom. The molecule has 0 unspecified atom stereocenters. The third-order valence-corrected chi connectivity index (χ3v) is 4.14. The van der Waals surface area contributed by atoms with Crippen molar-refractivity contribution in [2.75, 3.05) is 13.2 Å². The fraction of sp³-hybridized carbons (Fsp3) is 0.588. The van der Waals surface area contributed by atoms with Gasteiger partial charge in [-0.2, -0.15) is 0 Å². The molecule has 4 nitrogen and oxygen atoms in total. The Morgan fingerprint density at radius 1 is 1.33 bits per heavy atom. The molecule has 114 valence electrons. The van der Waals surface area contributed by atoms with Gasteiger partial charge in [-0.05, 0) is 39.2 Å². The second-order valence-corrected chi connectivity index (χ2v) is 6.88. The molecule has 2 heterocycles. The summed E-state index contributed by atoms with van der Waals surface area (Å²) in [6, 6.07) is 10.3. The van der Waals surface area contributed by atoms with Crippen molar-refractivity contribution in [3.63, 3.8) is 0 Å². The maximum Gasteiger partial charge on any atom is 0.410 e. The second kappa shape index (κ2) is 5.02. The van der Waals surface area contributed by atoms with Gasteiger partial charge in [-0.3, -0.25) is 0 Å². The van der Waals surface area contributed by atoms with Gasteiger partial charge in [0.15, 0.2) is 0 Å². The molecule has 2 fully saturated rings. The van der Waals surface area contributed by atoms with Crippen LogP contribution in [0, 0.1) is 0 Å². The summed E-state index contributed by atoms with van der Waals surface area (Å²) in [5, 5.41) is 0. The van der Waals surface area contributed by atoms with E-state index in [0.29, 0.717) is 6.61 Å². The zero-order valence-corrected chi connectivity index (χ0v) is 13.0. The lowest BCUT2D eigenvalue weighted by Crippen LogP contribution is -2.45. The molecule has 1 amide bonds. The van der Waals surface area contributed by atoms with Crippen molar-refractivity contribution in [1.82, 2.24) is 4.90 Å². The molecule has 4 heteroatoms. The van der Waals surface area contributed by atoms with E-state index in [1.54, 1.807) is 0 Å². The Hall–Kier alpha value is -1.55. The fourth-order valence-corrected chi connectivity index (χ4v) is 3.14. The smallest absolute Gasteiger partial charge is 0.410 e. The van der Waals surface area contributed by atoms with Crippen molar-refractivity contribution >= 4 is 6.09 Å². The normalized spacial score (nSPS) is 28.5. The number of carbonyl (C=O) groups excluding carboxylic acids is 1. The van der Waals surface area contributed by atoms with E-state index in [9.17, 15) is 4.79 Å². The number of ether oxygens (including phenoxy) is 2. The number of benzene rings is 1. The van der Waals surface area contributed by atoms with E-state index in [2.05, 4.69) is 12.1 Å². The van der Waals surface area contributed by atoms with E-state index in [0.717, 1.165) is 24.9 Å². The number of likely N-dealkylation sites (tertiary alicyclic amines) is 1. The summed E-state index contributed by atoms with van der Waals surface area (Å²) in [6.07, 6.45) is 1.74. The van der Waals surface area contributed by atoms with Crippen LogP contribution in [0.5, 0.6) is 0 Å². The largest absolute Gasteiger partial charge is 0.444 e. The van der Waals surface area contributed by atoms with Crippen LogP contribution in [0.1, 0.15) is 39.2 Å². The maximum atomic E-state index is 12.4. The first-order valence-corrected chi connectivity index (χ1v) is 7.61. The van der Waals surface area contributed by atoms with Crippen LogP contribution in [-0.4, -0.2) is 35.8 Å². The van der Waals surface area contributed by atoms with Gasteiger partial charge in [-0.15, -0.1) is 0 Å². The highest BCUT2D eigenvalue weighted by atomic mass is 16.6. The van der Waals surface area contributed by atoms with Crippen LogP contribution in [0.25, 0.3) is 0 Å². The van der Waals surface area contributed by atoms with E-state index in [-0.39, 0.29) is 17.7 Å². The third-order valence-electron chi connectivity index (χ3n) is 4.14. The van der Waals surface area contributed by atoms with E-state index in [1.807, 2.05) is 43.9 Å². The molecule has 2 aliphatic rings. The predicted octanol–water partition coefficient (Wildman–Crippen LogP) is 3.31. The third kappa shape index (κ3) is 2.77.